The van der Waals surface area contributed by atoms with E-state index in [9.17, 15) is 4.79 Å². The third-order valence-corrected chi connectivity index (χ3v) is 4.71. The van der Waals surface area contributed by atoms with Crippen molar-refractivity contribution in [3.63, 3.8) is 0 Å². The summed E-state index contributed by atoms with van der Waals surface area (Å²) in [6.07, 6.45) is 2.92. The molecule has 0 aliphatic heterocycles. The number of pyridine rings is 2. The van der Waals surface area contributed by atoms with Crippen LogP contribution in [0.2, 0.25) is 5.02 Å². The van der Waals surface area contributed by atoms with E-state index in [1.807, 2.05) is 25.1 Å². The Morgan fingerprint density at radius 2 is 2.04 bits per heavy atom. The molecule has 0 radical (unpaired) electrons. The average Bonchev–Trinajstić information content (AvgIpc) is 3.30. The molecule has 5 aromatic rings. The topological polar surface area (TPSA) is 84.9 Å². The van der Waals surface area contributed by atoms with Crippen LogP contribution in [0, 0.1) is 6.92 Å². The summed E-state index contributed by atoms with van der Waals surface area (Å²) in [5.74, 6) is 1.37. The molecular formula is C20H12ClN3O3. The molecule has 0 atom stereocenters. The van der Waals surface area contributed by atoms with Crippen molar-refractivity contribution in [1.82, 2.24) is 15.0 Å². The first-order valence-corrected chi connectivity index (χ1v) is 8.60. The van der Waals surface area contributed by atoms with Crippen LogP contribution in [0.1, 0.15) is 5.76 Å². The number of hydrogen-bond donors (Lipinski definition) is 1. The molecule has 0 fully saturated rings. The Hall–Kier alpha value is -3.38. The van der Waals surface area contributed by atoms with Gasteiger partial charge in [-0.15, -0.1) is 0 Å². The average molecular weight is 378 g/mol. The summed E-state index contributed by atoms with van der Waals surface area (Å²) in [6.45, 7) is 1.86. The molecule has 7 heteroatoms. The lowest BCUT2D eigenvalue weighted by Gasteiger charge is -2.10. The van der Waals surface area contributed by atoms with E-state index in [2.05, 4.69) is 15.0 Å². The smallest absolute Gasteiger partial charge is 0.191 e. The van der Waals surface area contributed by atoms with Gasteiger partial charge in [-0.2, -0.15) is 0 Å². The summed E-state index contributed by atoms with van der Waals surface area (Å²) in [6, 6.07) is 10.6. The monoisotopic (exact) mass is 377 g/mol. The zero-order chi connectivity index (χ0) is 18.5. The van der Waals surface area contributed by atoms with Crippen molar-refractivity contribution in [1.29, 1.82) is 0 Å². The maximum Gasteiger partial charge on any atom is 0.191 e. The Labute approximate surface area is 157 Å². The summed E-state index contributed by atoms with van der Waals surface area (Å²) in [4.78, 5) is 24.1. The van der Waals surface area contributed by atoms with E-state index < -0.39 is 0 Å². The van der Waals surface area contributed by atoms with Gasteiger partial charge in [0.05, 0.1) is 10.4 Å². The molecule has 0 aliphatic carbocycles. The molecular weight excluding hydrogens is 366 g/mol. The van der Waals surface area contributed by atoms with Gasteiger partial charge >= 0.3 is 0 Å². The number of oxazole rings is 1. The highest BCUT2D eigenvalue weighted by molar-refractivity contribution is 6.35. The maximum absolute atomic E-state index is 12.3. The van der Waals surface area contributed by atoms with Gasteiger partial charge in [-0.25, -0.2) is 9.97 Å². The third-order valence-electron chi connectivity index (χ3n) is 4.42. The van der Waals surface area contributed by atoms with Crippen LogP contribution in [0.15, 0.2) is 62.6 Å². The molecule has 0 unspecified atom stereocenters. The zero-order valence-corrected chi connectivity index (χ0v) is 14.9. The predicted molar refractivity (Wildman–Crippen MR) is 103 cm³/mol. The number of fused-ring (bicyclic) bond motifs is 2. The Morgan fingerprint density at radius 1 is 1.15 bits per heavy atom. The van der Waals surface area contributed by atoms with E-state index in [1.54, 1.807) is 18.3 Å². The van der Waals surface area contributed by atoms with Crippen LogP contribution in [0.3, 0.4) is 0 Å². The SMILES string of the molecule is Cc1ccc(-c2nc3[nH]ccc(=O)c3cc2-c2cc(Cl)c3ncoc3c2)o1. The van der Waals surface area contributed by atoms with Gasteiger partial charge in [-0.3, -0.25) is 4.79 Å². The number of hydrogen-bond acceptors (Lipinski definition) is 5. The van der Waals surface area contributed by atoms with Crippen LogP contribution >= 0.6 is 11.6 Å². The van der Waals surface area contributed by atoms with E-state index in [1.165, 1.54) is 12.5 Å². The number of aromatic amines is 1. The molecule has 0 bridgehead atoms. The van der Waals surface area contributed by atoms with Crippen molar-refractivity contribution in [2.75, 3.05) is 0 Å². The highest BCUT2D eigenvalue weighted by Gasteiger charge is 2.17. The van der Waals surface area contributed by atoms with Crippen LogP contribution in [-0.2, 0) is 0 Å². The molecule has 132 valence electrons. The lowest BCUT2D eigenvalue weighted by atomic mass is 10.0. The Balaban J connectivity index is 1.88. The van der Waals surface area contributed by atoms with Crippen molar-refractivity contribution >= 4 is 33.7 Å². The number of aryl methyl sites for hydroxylation is 1. The second-order valence-corrected chi connectivity index (χ2v) is 6.60. The number of aromatic nitrogens is 3. The lowest BCUT2D eigenvalue weighted by molar-refractivity contribution is 0.547. The Kier molecular flexibility index (Phi) is 3.42. The first kappa shape index (κ1) is 15.8. The number of benzene rings is 1. The van der Waals surface area contributed by atoms with Crippen molar-refractivity contribution in [3.05, 3.63) is 70.0 Å². The molecule has 0 saturated heterocycles. The summed E-state index contributed by atoms with van der Waals surface area (Å²) < 4.78 is 11.2. The van der Waals surface area contributed by atoms with Crippen molar-refractivity contribution in [3.8, 4) is 22.6 Å². The van der Waals surface area contributed by atoms with Gasteiger partial charge in [0, 0.05) is 17.8 Å². The largest absolute Gasteiger partial charge is 0.460 e. The van der Waals surface area contributed by atoms with Crippen molar-refractivity contribution in [2.24, 2.45) is 0 Å². The Morgan fingerprint density at radius 3 is 2.85 bits per heavy atom. The van der Waals surface area contributed by atoms with Gasteiger partial charge in [-0.1, -0.05) is 11.6 Å². The van der Waals surface area contributed by atoms with Crippen molar-refractivity contribution < 1.29 is 8.83 Å². The van der Waals surface area contributed by atoms with Gasteiger partial charge in [0.2, 0.25) is 0 Å². The van der Waals surface area contributed by atoms with Crippen LogP contribution in [0.4, 0.5) is 0 Å². The minimum atomic E-state index is -0.119. The van der Waals surface area contributed by atoms with Gasteiger partial charge in [-0.05, 0) is 42.8 Å². The lowest BCUT2D eigenvalue weighted by Crippen LogP contribution is -2.03. The van der Waals surface area contributed by atoms with E-state index >= 15 is 0 Å². The highest BCUT2D eigenvalue weighted by atomic mass is 35.5. The molecule has 4 aromatic heterocycles. The predicted octanol–water partition coefficient (Wildman–Crippen LogP) is 4.95. The molecule has 1 aromatic carbocycles. The number of nitrogens with one attached hydrogen (secondary N) is 1. The first-order valence-electron chi connectivity index (χ1n) is 8.22. The van der Waals surface area contributed by atoms with E-state index in [4.69, 9.17) is 20.4 Å². The molecule has 5 rings (SSSR count). The minimum absolute atomic E-state index is 0.119. The fraction of sp³-hybridized carbons (Fsp3) is 0.0500. The maximum atomic E-state index is 12.3. The second-order valence-electron chi connectivity index (χ2n) is 6.19. The number of H-pyrrole nitrogens is 1. The third kappa shape index (κ3) is 2.53. The van der Waals surface area contributed by atoms with Crippen molar-refractivity contribution in [2.45, 2.75) is 6.92 Å². The van der Waals surface area contributed by atoms with Gasteiger partial charge < -0.3 is 13.8 Å². The highest BCUT2D eigenvalue weighted by Crippen LogP contribution is 2.36. The zero-order valence-electron chi connectivity index (χ0n) is 14.1. The summed E-state index contributed by atoms with van der Waals surface area (Å²) in [7, 11) is 0. The minimum Gasteiger partial charge on any atom is -0.460 e. The summed E-state index contributed by atoms with van der Waals surface area (Å²) in [5.41, 5.74) is 3.59. The molecule has 0 saturated carbocycles. The normalized spacial score (nSPS) is 11.5. The first-order chi connectivity index (χ1) is 13.1. The number of furan rings is 1. The van der Waals surface area contributed by atoms with E-state index in [0.29, 0.717) is 44.2 Å². The van der Waals surface area contributed by atoms with Gasteiger partial charge in [0.1, 0.15) is 22.6 Å². The van der Waals surface area contributed by atoms with Crippen LogP contribution in [-0.4, -0.2) is 15.0 Å². The van der Waals surface area contributed by atoms with Gasteiger partial charge in [0.15, 0.2) is 23.2 Å². The second kappa shape index (κ2) is 5.82. The molecule has 0 aliphatic rings. The number of rotatable bonds is 2. The van der Waals surface area contributed by atoms with E-state index in [0.717, 1.165) is 11.3 Å². The summed E-state index contributed by atoms with van der Waals surface area (Å²) >= 11 is 6.37. The standard InChI is InChI=1S/C20H12ClN3O3/c1-10-2-3-16(27-10)18-12(8-13-15(25)4-5-22-20(13)24-18)11-6-14(21)19-17(7-11)26-9-23-19/h2-9H,1H3,(H,22,24,25). The van der Waals surface area contributed by atoms with Crippen LogP contribution in [0.25, 0.3) is 44.7 Å². The van der Waals surface area contributed by atoms with Crippen LogP contribution in [0.5, 0.6) is 0 Å². The molecule has 1 N–H and O–H groups in total. The Bertz CT molecular complexity index is 1380. The van der Waals surface area contributed by atoms with Gasteiger partial charge in [0.25, 0.3) is 0 Å². The number of nitrogens with zero attached hydrogens (tertiary/aromatic N) is 2. The quantitative estimate of drug-likeness (QED) is 0.470. The van der Waals surface area contributed by atoms with Crippen LogP contribution < -0.4 is 5.43 Å². The molecule has 6 nitrogen and oxygen atoms in total. The fourth-order valence-corrected chi connectivity index (χ4v) is 3.41. The molecule has 27 heavy (non-hydrogen) atoms. The number of halogens is 1. The van der Waals surface area contributed by atoms with E-state index in [-0.39, 0.29) is 5.43 Å². The summed E-state index contributed by atoms with van der Waals surface area (Å²) in [5, 5.41) is 0.938. The molecule has 0 spiro atoms. The fourth-order valence-electron chi connectivity index (χ4n) is 3.15. The molecule has 4 heterocycles. The molecule has 0 amide bonds.